The summed E-state index contributed by atoms with van der Waals surface area (Å²) in [6.45, 7) is 3.82. The predicted molar refractivity (Wildman–Crippen MR) is 116 cm³/mol. The summed E-state index contributed by atoms with van der Waals surface area (Å²) in [6.07, 6.45) is 3.59. The minimum absolute atomic E-state index is 0.202. The van der Waals surface area contributed by atoms with Crippen LogP contribution in [0.2, 0.25) is 0 Å². The van der Waals surface area contributed by atoms with Crippen molar-refractivity contribution in [1.82, 2.24) is 20.0 Å². The van der Waals surface area contributed by atoms with Crippen molar-refractivity contribution >= 4 is 46.5 Å². The molecule has 2 heterocycles. The van der Waals surface area contributed by atoms with Gasteiger partial charge in [0.1, 0.15) is 0 Å². The molecule has 0 aliphatic rings. The van der Waals surface area contributed by atoms with Gasteiger partial charge in [0.15, 0.2) is 5.16 Å². The summed E-state index contributed by atoms with van der Waals surface area (Å²) in [5.41, 5.74) is 6.24. The molecule has 0 radical (unpaired) electrons. The number of thioether (sulfide) groups is 1. The van der Waals surface area contributed by atoms with Crippen LogP contribution in [0.5, 0.6) is 0 Å². The van der Waals surface area contributed by atoms with Gasteiger partial charge in [-0.2, -0.15) is 5.10 Å². The lowest BCUT2D eigenvalue weighted by Crippen LogP contribution is -2.20. The molecule has 138 valence electrons. The van der Waals surface area contributed by atoms with Gasteiger partial charge in [-0.15, -0.1) is 0 Å². The number of carbonyl (C=O) groups is 1. The summed E-state index contributed by atoms with van der Waals surface area (Å²) < 4.78 is 3.18. The summed E-state index contributed by atoms with van der Waals surface area (Å²) in [5, 5.41) is 4.66. The minimum Gasteiger partial charge on any atom is -0.316 e. The van der Waals surface area contributed by atoms with Gasteiger partial charge in [-0.25, -0.2) is 15.4 Å². The van der Waals surface area contributed by atoms with Crippen LogP contribution < -0.4 is 5.43 Å². The average Bonchev–Trinajstić information content (AvgIpc) is 3.08. The SMILES string of the molecule is Cc1cc(C)nc(SCC(=O)N/N=C\c2cccn2-c2ccc(I)cc2)n1. The Morgan fingerprint density at radius 1 is 1.22 bits per heavy atom. The number of aryl methyl sites for hydroxylation is 2. The number of hydrazone groups is 1. The third-order valence-electron chi connectivity index (χ3n) is 3.57. The number of nitrogens with zero attached hydrogens (tertiary/aromatic N) is 4. The zero-order valence-electron chi connectivity index (χ0n) is 14.9. The molecule has 6 nitrogen and oxygen atoms in total. The number of nitrogens with one attached hydrogen (secondary N) is 1. The molecule has 1 aromatic carbocycles. The van der Waals surface area contributed by atoms with Crippen LogP contribution in [0, 0.1) is 17.4 Å². The Morgan fingerprint density at radius 2 is 1.93 bits per heavy atom. The van der Waals surface area contributed by atoms with Crippen molar-refractivity contribution in [2.45, 2.75) is 19.0 Å². The molecule has 0 atom stereocenters. The molecule has 0 aliphatic heterocycles. The van der Waals surface area contributed by atoms with Crippen molar-refractivity contribution in [1.29, 1.82) is 0 Å². The molecule has 0 bridgehead atoms. The molecule has 3 rings (SSSR count). The highest BCUT2D eigenvalue weighted by Crippen LogP contribution is 2.15. The molecule has 27 heavy (non-hydrogen) atoms. The maximum atomic E-state index is 12.0. The number of carbonyl (C=O) groups excluding carboxylic acids is 1. The van der Waals surface area contributed by atoms with Crippen molar-refractivity contribution in [2.75, 3.05) is 5.75 Å². The molecule has 8 heteroatoms. The van der Waals surface area contributed by atoms with E-state index >= 15 is 0 Å². The first-order chi connectivity index (χ1) is 13.0. The largest absolute Gasteiger partial charge is 0.316 e. The van der Waals surface area contributed by atoms with Crippen LogP contribution >= 0.6 is 34.4 Å². The van der Waals surface area contributed by atoms with Gasteiger partial charge < -0.3 is 4.57 Å². The van der Waals surface area contributed by atoms with Crippen LogP contribution in [-0.2, 0) is 4.79 Å². The van der Waals surface area contributed by atoms with Crippen LogP contribution in [-0.4, -0.2) is 32.4 Å². The van der Waals surface area contributed by atoms with Gasteiger partial charge in [-0.3, -0.25) is 4.79 Å². The number of hydrogen-bond donors (Lipinski definition) is 1. The Morgan fingerprint density at radius 3 is 2.63 bits per heavy atom. The Hall–Kier alpha value is -2.20. The predicted octanol–water partition coefficient (Wildman–Crippen LogP) is 3.73. The van der Waals surface area contributed by atoms with Crippen LogP contribution in [0.15, 0.2) is 58.9 Å². The highest BCUT2D eigenvalue weighted by molar-refractivity contribution is 14.1. The Balaban J connectivity index is 1.57. The lowest BCUT2D eigenvalue weighted by atomic mass is 10.3. The highest BCUT2D eigenvalue weighted by Gasteiger charge is 2.06. The topological polar surface area (TPSA) is 72.2 Å². The van der Waals surface area contributed by atoms with Crippen molar-refractivity contribution < 1.29 is 4.79 Å². The average molecular weight is 491 g/mol. The number of aromatic nitrogens is 3. The molecule has 1 N–H and O–H groups in total. The first kappa shape index (κ1) is 19.6. The Bertz CT molecular complexity index is 948. The van der Waals surface area contributed by atoms with E-state index in [4.69, 9.17) is 0 Å². The summed E-state index contributed by atoms with van der Waals surface area (Å²) in [5.74, 6) is 0.00429. The van der Waals surface area contributed by atoms with Gasteiger partial charge in [0.25, 0.3) is 5.91 Å². The van der Waals surface area contributed by atoms with E-state index in [2.05, 4.69) is 43.1 Å². The fraction of sp³-hybridized carbons (Fsp3) is 0.158. The number of hydrogen-bond acceptors (Lipinski definition) is 5. The van der Waals surface area contributed by atoms with E-state index in [-0.39, 0.29) is 11.7 Å². The van der Waals surface area contributed by atoms with E-state index < -0.39 is 0 Å². The molecule has 2 aromatic heterocycles. The summed E-state index contributed by atoms with van der Waals surface area (Å²) in [4.78, 5) is 20.6. The molecule has 0 spiro atoms. The highest BCUT2D eigenvalue weighted by atomic mass is 127. The second-order valence-corrected chi connectivity index (χ2v) is 7.98. The molecular formula is C19H18IN5OS. The number of halogens is 1. The maximum Gasteiger partial charge on any atom is 0.250 e. The van der Waals surface area contributed by atoms with Crippen molar-refractivity contribution in [2.24, 2.45) is 5.10 Å². The van der Waals surface area contributed by atoms with E-state index in [1.165, 1.54) is 15.3 Å². The van der Waals surface area contributed by atoms with Gasteiger partial charge in [0.05, 0.1) is 17.7 Å². The molecule has 0 fully saturated rings. The molecule has 1 amide bonds. The normalized spacial score (nSPS) is 11.1. The first-order valence-electron chi connectivity index (χ1n) is 8.21. The Kier molecular flexibility index (Phi) is 6.62. The van der Waals surface area contributed by atoms with Crippen LogP contribution in [0.3, 0.4) is 0 Å². The van der Waals surface area contributed by atoms with Gasteiger partial charge in [0.2, 0.25) is 0 Å². The zero-order valence-corrected chi connectivity index (χ0v) is 17.9. The van der Waals surface area contributed by atoms with Crippen molar-refractivity contribution in [3.8, 4) is 5.69 Å². The summed E-state index contributed by atoms with van der Waals surface area (Å²) in [6, 6.07) is 13.9. The molecule has 0 saturated carbocycles. The van der Waals surface area contributed by atoms with Crippen LogP contribution in [0.25, 0.3) is 5.69 Å². The molecule has 3 aromatic rings. The van der Waals surface area contributed by atoms with Crippen molar-refractivity contribution in [3.05, 3.63) is 69.3 Å². The molecular weight excluding hydrogens is 473 g/mol. The lowest BCUT2D eigenvalue weighted by molar-refractivity contribution is -0.118. The minimum atomic E-state index is -0.202. The van der Waals surface area contributed by atoms with Crippen molar-refractivity contribution in [3.63, 3.8) is 0 Å². The number of benzene rings is 1. The second-order valence-electron chi connectivity index (χ2n) is 5.79. The lowest BCUT2D eigenvalue weighted by Gasteiger charge is -2.06. The van der Waals surface area contributed by atoms with Crippen LogP contribution in [0.4, 0.5) is 0 Å². The Labute approximate surface area is 175 Å². The fourth-order valence-corrected chi connectivity index (χ4v) is 3.53. The third kappa shape index (κ3) is 5.64. The van der Waals surface area contributed by atoms with Crippen LogP contribution in [0.1, 0.15) is 17.1 Å². The standard InChI is InChI=1S/C19H18IN5OS/c1-13-10-14(2)23-19(22-13)27-12-18(26)24-21-11-17-4-3-9-25(17)16-7-5-15(20)6-8-16/h3-11H,12H2,1-2H3,(H,24,26)/b21-11-. The van der Waals surface area contributed by atoms with E-state index in [0.717, 1.165) is 22.8 Å². The first-order valence-corrected chi connectivity index (χ1v) is 10.3. The van der Waals surface area contributed by atoms with E-state index in [9.17, 15) is 4.79 Å². The van der Waals surface area contributed by atoms with E-state index in [1.807, 2.05) is 67.1 Å². The number of rotatable bonds is 6. The van der Waals surface area contributed by atoms with E-state index in [0.29, 0.717) is 5.16 Å². The smallest absolute Gasteiger partial charge is 0.250 e. The van der Waals surface area contributed by atoms with Gasteiger partial charge in [-0.1, -0.05) is 11.8 Å². The second kappa shape index (κ2) is 9.14. The van der Waals surface area contributed by atoms with E-state index in [1.54, 1.807) is 6.21 Å². The summed E-state index contributed by atoms with van der Waals surface area (Å²) in [7, 11) is 0. The van der Waals surface area contributed by atoms with Gasteiger partial charge >= 0.3 is 0 Å². The maximum absolute atomic E-state index is 12.0. The van der Waals surface area contributed by atoms with Gasteiger partial charge in [-0.05, 0) is 78.9 Å². The molecule has 0 saturated heterocycles. The molecule has 0 unspecified atom stereocenters. The monoisotopic (exact) mass is 491 g/mol. The fourth-order valence-electron chi connectivity index (χ4n) is 2.43. The quantitative estimate of drug-likeness (QED) is 0.188. The summed E-state index contributed by atoms with van der Waals surface area (Å²) >= 11 is 3.57. The third-order valence-corrected chi connectivity index (χ3v) is 5.13. The number of amides is 1. The zero-order chi connectivity index (χ0) is 19.2. The van der Waals surface area contributed by atoms with Gasteiger partial charge in [0, 0.05) is 26.8 Å². The molecule has 0 aliphatic carbocycles.